The second-order valence-corrected chi connectivity index (χ2v) is 5.33. The summed E-state index contributed by atoms with van der Waals surface area (Å²) in [5, 5.41) is 13.5. The van der Waals surface area contributed by atoms with Crippen LogP contribution in [-0.4, -0.2) is 45.4 Å². The molecule has 1 aromatic carbocycles. The fourth-order valence-electron chi connectivity index (χ4n) is 2.16. The van der Waals surface area contributed by atoms with Gasteiger partial charge in [0, 0.05) is 18.3 Å². The van der Waals surface area contributed by atoms with Gasteiger partial charge in [-0.2, -0.15) is 5.10 Å². The van der Waals surface area contributed by atoms with Gasteiger partial charge in [-0.05, 0) is 51.1 Å². The van der Waals surface area contributed by atoms with Crippen LogP contribution in [0.15, 0.2) is 30.3 Å². The minimum Gasteiger partial charge on any atom is -0.394 e. The molecule has 0 spiro atoms. The normalized spacial score (nSPS) is 12.2. The number of aryl methyl sites for hydroxylation is 2. The van der Waals surface area contributed by atoms with Gasteiger partial charge in [0.25, 0.3) is 5.91 Å². The van der Waals surface area contributed by atoms with Crippen molar-refractivity contribution in [2.75, 3.05) is 13.7 Å². The Morgan fingerprint density at radius 2 is 1.95 bits per heavy atom. The third kappa shape index (κ3) is 3.13. The van der Waals surface area contributed by atoms with E-state index in [0.29, 0.717) is 5.56 Å². The molecule has 0 aliphatic rings. The molecule has 1 N–H and O–H groups in total. The van der Waals surface area contributed by atoms with Crippen molar-refractivity contribution in [2.24, 2.45) is 0 Å². The van der Waals surface area contributed by atoms with Gasteiger partial charge in [0.15, 0.2) is 0 Å². The first kappa shape index (κ1) is 15.3. The van der Waals surface area contributed by atoms with Gasteiger partial charge in [-0.1, -0.05) is 0 Å². The van der Waals surface area contributed by atoms with E-state index in [1.807, 2.05) is 43.7 Å². The SMILES string of the molecule is Cc1cc(C)n(-c2ccc(C(=O)N(C)C(C)CO)cc2)n1. The highest BCUT2D eigenvalue weighted by Crippen LogP contribution is 2.14. The van der Waals surface area contributed by atoms with Crippen molar-refractivity contribution in [3.8, 4) is 5.69 Å². The van der Waals surface area contributed by atoms with Crippen molar-refractivity contribution in [2.45, 2.75) is 26.8 Å². The first-order chi connectivity index (χ1) is 9.93. The highest BCUT2D eigenvalue weighted by Gasteiger charge is 2.16. The van der Waals surface area contributed by atoms with Crippen LogP contribution in [0.2, 0.25) is 0 Å². The van der Waals surface area contributed by atoms with Gasteiger partial charge in [-0.15, -0.1) is 0 Å². The summed E-state index contributed by atoms with van der Waals surface area (Å²) in [4.78, 5) is 13.8. The zero-order chi connectivity index (χ0) is 15.6. The van der Waals surface area contributed by atoms with Gasteiger partial charge >= 0.3 is 0 Å². The molecule has 1 aromatic heterocycles. The lowest BCUT2D eigenvalue weighted by molar-refractivity contribution is 0.0682. The van der Waals surface area contributed by atoms with Crippen molar-refractivity contribution in [1.82, 2.24) is 14.7 Å². The maximum atomic E-state index is 12.3. The van der Waals surface area contributed by atoms with Crippen LogP contribution in [-0.2, 0) is 0 Å². The lowest BCUT2D eigenvalue weighted by Crippen LogP contribution is -2.37. The highest BCUT2D eigenvalue weighted by atomic mass is 16.3. The van der Waals surface area contributed by atoms with Crippen LogP contribution in [0.4, 0.5) is 0 Å². The number of hydrogen-bond acceptors (Lipinski definition) is 3. The third-order valence-corrected chi connectivity index (χ3v) is 3.61. The first-order valence-corrected chi connectivity index (χ1v) is 6.95. The van der Waals surface area contributed by atoms with Crippen molar-refractivity contribution < 1.29 is 9.90 Å². The van der Waals surface area contributed by atoms with Crippen LogP contribution in [0.3, 0.4) is 0 Å². The van der Waals surface area contributed by atoms with Gasteiger partial charge in [-0.25, -0.2) is 4.68 Å². The van der Waals surface area contributed by atoms with Gasteiger partial charge < -0.3 is 10.0 Å². The van der Waals surface area contributed by atoms with Gasteiger partial charge in [0.1, 0.15) is 0 Å². The number of likely N-dealkylation sites (N-methyl/N-ethyl adjacent to an activating group) is 1. The molecule has 112 valence electrons. The zero-order valence-electron chi connectivity index (χ0n) is 12.9. The molecule has 0 aliphatic heterocycles. The maximum Gasteiger partial charge on any atom is 0.253 e. The summed E-state index contributed by atoms with van der Waals surface area (Å²) in [5.41, 5.74) is 3.54. The van der Waals surface area contributed by atoms with Crippen LogP contribution < -0.4 is 0 Å². The molecule has 0 radical (unpaired) electrons. The van der Waals surface area contributed by atoms with Crippen molar-refractivity contribution >= 4 is 5.91 Å². The average Bonchev–Trinajstić information content (AvgIpc) is 2.83. The standard InChI is InChI=1S/C16H21N3O2/c1-11-9-12(2)19(17-11)15-7-5-14(6-8-15)16(21)18(4)13(3)10-20/h5-9,13,20H,10H2,1-4H3. The number of aromatic nitrogens is 2. The van der Waals surface area contributed by atoms with E-state index in [1.165, 1.54) is 4.90 Å². The van der Waals surface area contributed by atoms with E-state index < -0.39 is 0 Å². The van der Waals surface area contributed by atoms with Gasteiger partial charge in [-0.3, -0.25) is 4.79 Å². The second-order valence-electron chi connectivity index (χ2n) is 5.33. The Bertz CT molecular complexity index is 631. The molecule has 1 unspecified atom stereocenters. The number of hydrogen-bond donors (Lipinski definition) is 1. The number of aliphatic hydroxyl groups excluding tert-OH is 1. The molecule has 5 heteroatoms. The molecule has 0 saturated heterocycles. The van der Waals surface area contributed by atoms with Gasteiger partial charge in [0.05, 0.1) is 24.0 Å². The number of carbonyl (C=O) groups is 1. The Morgan fingerprint density at radius 3 is 2.43 bits per heavy atom. The largest absolute Gasteiger partial charge is 0.394 e. The van der Waals surface area contributed by atoms with Crippen LogP contribution in [0, 0.1) is 13.8 Å². The molecule has 0 aliphatic carbocycles. The minimum absolute atomic E-state index is 0.0495. The monoisotopic (exact) mass is 287 g/mol. The van der Waals surface area contributed by atoms with E-state index in [1.54, 1.807) is 19.2 Å². The topological polar surface area (TPSA) is 58.4 Å². The minimum atomic E-state index is -0.201. The molecule has 2 rings (SSSR count). The molecule has 1 amide bonds. The predicted molar refractivity (Wildman–Crippen MR) is 81.7 cm³/mol. The molecule has 21 heavy (non-hydrogen) atoms. The summed E-state index contributed by atoms with van der Waals surface area (Å²) in [6.45, 7) is 5.70. The molecular formula is C16H21N3O2. The Kier molecular flexibility index (Phi) is 4.43. The molecule has 1 heterocycles. The van der Waals surface area contributed by atoms with E-state index in [0.717, 1.165) is 17.1 Å². The molecule has 1 atom stereocenters. The number of rotatable bonds is 4. The Balaban J connectivity index is 2.23. The quantitative estimate of drug-likeness (QED) is 0.935. The molecule has 0 saturated carbocycles. The van der Waals surface area contributed by atoms with Gasteiger partial charge in [0.2, 0.25) is 0 Å². The predicted octanol–water partition coefficient (Wildman–Crippen LogP) is 1.94. The first-order valence-electron chi connectivity index (χ1n) is 6.95. The Morgan fingerprint density at radius 1 is 1.33 bits per heavy atom. The molecule has 2 aromatic rings. The van der Waals surface area contributed by atoms with E-state index >= 15 is 0 Å². The second kappa shape index (κ2) is 6.10. The smallest absolute Gasteiger partial charge is 0.253 e. The van der Waals surface area contributed by atoms with Crippen LogP contribution in [0.25, 0.3) is 5.69 Å². The van der Waals surface area contributed by atoms with Crippen LogP contribution in [0.1, 0.15) is 28.7 Å². The summed E-state index contributed by atoms with van der Waals surface area (Å²) in [5.74, 6) is -0.100. The number of benzene rings is 1. The highest BCUT2D eigenvalue weighted by molar-refractivity contribution is 5.94. The van der Waals surface area contributed by atoms with Crippen LogP contribution in [0.5, 0.6) is 0 Å². The molecule has 5 nitrogen and oxygen atoms in total. The van der Waals surface area contributed by atoms with Crippen molar-refractivity contribution in [3.05, 3.63) is 47.3 Å². The number of carbonyl (C=O) groups excluding carboxylic acids is 1. The summed E-state index contributed by atoms with van der Waals surface area (Å²) in [6.07, 6.45) is 0. The number of amides is 1. The number of aliphatic hydroxyl groups is 1. The van der Waals surface area contributed by atoms with Crippen molar-refractivity contribution in [3.63, 3.8) is 0 Å². The van der Waals surface area contributed by atoms with Crippen molar-refractivity contribution in [1.29, 1.82) is 0 Å². The zero-order valence-corrected chi connectivity index (χ0v) is 12.9. The van der Waals surface area contributed by atoms with E-state index in [2.05, 4.69) is 5.10 Å². The summed E-state index contributed by atoms with van der Waals surface area (Å²) in [6, 6.07) is 9.14. The van der Waals surface area contributed by atoms with Crippen LogP contribution >= 0.6 is 0 Å². The molecule has 0 bridgehead atoms. The molecule has 0 fully saturated rings. The summed E-state index contributed by atoms with van der Waals surface area (Å²) < 4.78 is 1.85. The van der Waals surface area contributed by atoms with E-state index in [9.17, 15) is 4.79 Å². The number of nitrogens with zero attached hydrogens (tertiary/aromatic N) is 3. The fraction of sp³-hybridized carbons (Fsp3) is 0.375. The summed E-state index contributed by atoms with van der Waals surface area (Å²) in [7, 11) is 1.69. The third-order valence-electron chi connectivity index (χ3n) is 3.61. The Labute approximate surface area is 124 Å². The fourth-order valence-corrected chi connectivity index (χ4v) is 2.16. The maximum absolute atomic E-state index is 12.3. The van der Waals surface area contributed by atoms with E-state index in [-0.39, 0.29) is 18.6 Å². The lowest BCUT2D eigenvalue weighted by atomic mass is 10.1. The summed E-state index contributed by atoms with van der Waals surface area (Å²) >= 11 is 0. The van der Waals surface area contributed by atoms with E-state index in [4.69, 9.17) is 5.11 Å². The molecular weight excluding hydrogens is 266 g/mol. The lowest BCUT2D eigenvalue weighted by Gasteiger charge is -2.23. The Hall–Kier alpha value is -2.14. The average molecular weight is 287 g/mol.